The summed E-state index contributed by atoms with van der Waals surface area (Å²) in [4.78, 5) is 100. The number of aryl methyl sites for hydroxylation is 1. The van der Waals surface area contributed by atoms with E-state index >= 15 is 0 Å². The van der Waals surface area contributed by atoms with Crippen molar-refractivity contribution in [1.82, 2.24) is 43.6 Å². The summed E-state index contributed by atoms with van der Waals surface area (Å²) in [5, 5.41) is 22.4. The molecule has 5 aromatic rings. The number of phosphoric acid groups is 4. The van der Waals surface area contributed by atoms with E-state index in [0.717, 1.165) is 36.6 Å². The molecule has 0 amide bonds. The highest BCUT2D eigenvalue weighted by Gasteiger charge is 2.54. The van der Waals surface area contributed by atoms with Crippen LogP contribution in [0.5, 0.6) is 0 Å². The summed E-state index contributed by atoms with van der Waals surface area (Å²) in [6.45, 7) is -3.06. The predicted octanol–water partition coefficient (Wildman–Crippen LogP) is -2.93. The molecule has 3 fully saturated rings. The third-order valence-corrected chi connectivity index (χ3v) is 17.3. The largest absolute Gasteiger partial charge is 0.490 e. The first-order valence-corrected chi connectivity index (χ1v) is 28.0. The van der Waals surface area contributed by atoms with Gasteiger partial charge in [0, 0.05) is 46.1 Å². The molecule has 0 spiro atoms. The number of nitrogen functional groups attached to an aromatic ring is 2. The average molecular weight is 1160 g/mol. The Morgan fingerprint density at radius 1 is 0.724 bits per heavy atom. The van der Waals surface area contributed by atoms with Crippen molar-refractivity contribution >= 4 is 65.4 Å². The zero-order chi connectivity index (χ0) is 55.2. The Bertz CT molecular complexity index is 3300. The highest BCUT2D eigenvalue weighted by molar-refractivity contribution is 7.66. The minimum atomic E-state index is -6.17. The number of methoxy groups -OCH3 is 3. The molecule has 0 aliphatic carbocycles. The van der Waals surface area contributed by atoms with E-state index in [1.165, 1.54) is 41.3 Å². The Morgan fingerprint density at radius 3 is 2.00 bits per heavy atom. The maximum Gasteiger partial charge on any atom is 0.490 e. The zero-order valence-corrected chi connectivity index (χ0v) is 43.4. The maximum atomic E-state index is 13.7. The van der Waals surface area contributed by atoms with Gasteiger partial charge in [0.2, 0.25) is 18.5 Å². The van der Waals surface area contributed by atoms with Gasteiger partial charge in [0.15, 0.2) is 23.9 Å². The first-order chi connectivity index (χ1) is 35.8. The molecule has 0 saturated carbocycles. The number of hydrogen-bond donors (Lipinski definition) is 10. The molecule has 16 atom stereocenters. The highest BCUT2D eigenvalue weighted by atomic mass is 31.3. The van der Waals surface area contributed by atoms with Crippen LogP contribution in [0.15, 0.2) is 45.6 Å². The second-order valence-electron chi connectivity index (χ2n) is 16.9. The summed E-state index contributed by atoms with van der Waals surface area (Å²) in [5.74, 6) is -1.27. The van der Waals surface area contributed by atoms with Gasteiger partial charge in [0.05, 0.1) is 39.3 Å². The van der Waals surface area contributed by atoms with Crippen molar-refractivity contribution < 1.29 is 108 Å². The lowest BCUT2D eigenvalue weighted by molar-refractivity contribution is -0.646. The van der Waals surface area contributed by atoms with Crippen molar-refractivity contribution in [3.05, 3.63) is 62.4 Å². The molecule has 8 heterocycles. The van der Waals surface area contributed by atoms with Gasteiger partial charge >= 0.3 is 42.5 Å². The average Bonchev–Trinajstić information content (AvgIpc) is 4.13. The van der Waals surface area contributed by atoms with Gasteiger partial charge in [-0.3, -0.25) is 46.8 Å². The summed E-state index contributed by atoms with van der Waals surface area (Å²) in [5.41, 5.74) is 9.54. The van der Waals surface area contributed by atoms with E-state index in [1.807, 2.05) is 4.98 Å². The number of nitrogens with two attached hydrogens (primary N) is 2. The smallest absolute Gasteiger partial charge is 0.387 e. The van der Waals surface area contributed by atoms with Gasteiger partial charge in [-0.15, -0.1) is 0 Å². The van der Waals surface area contributed by atoms with Gasteiger partial charge in [0.25, 0.3) is 16.7 Å². The van der Waals surface area contributed by atoms with E-state index in [2.05, 4.69) is 33.5 Å². The molecule has 3 saturated heterocycles. The number of ether oxygens (including phenoxy) is 6. The molecule has 420 valence electrons. The Hall–Kier alpha value is -4.62. The van der Waals surface area contributed by atoms with E-state index in [-0.39, 0.29) is 47.1 Å². The minimum absolute atomic E-state index is 0.00447. The summed E-state index contributed by atoms with van der Waals surface area (Å²) < 4.78 is 121. The molecular weight excluding hydrogens is 1110 g/mol. The van der Waals surface area contributed by atoms with Crippen molar-refractivity contribution in [3.8, 4) is 0 Å². The van der Waals surface area contributed by atoms with Crippen LogP contribution in [-0.4, -0.2) is 170 Å². The number of nitrogens with zero attached hydrogens (tertiary/aromatic N) is 8. The topological polar surface area (TPSA) is 505 Å². The SMILES string of the molecule is COCC[C@H]1[C@@H](O)[C@H](n2c[n+](C)c3c(=O)[nH]c(N)nc32)O[C@@H]1COP(=O)(O)OP(=O)(O)OP(=O)(O)OC[C@H]1O[C@@H](n2cnc3c(N)ncnc32)[C@H](OC)[C@@H]1OP(=O)(O)OC[C@H]1O[C@@H](n2ccc(=O)[nH]c2=O)[C@H](OC)[C@@H]1O. The van der Waals surface area contributed by atoms with Crippen LogP contribution in [0.4, 0.5) is 11.8 Å². The summed E-state index contributed by atoms with van der Waals surface area (Å²) in [7, 11) is -18.2. The van der Waals surface area contributed by atoms with Gasteiger partial charge in [-0.25, -0.2) is 42.6 Å². The van der Waals surface area contributed by atoms with Gasteiger partial charge in [-0.1, -0.05) is 0 Å². The Balaban J connectivity index is 0.946. The van der Waals surface area contributed by atoms with Crippen molar-refractivity contribution in [3.63, 3.8) is 0 Å². The van der Waals surface area contributed by atoms with E-state index in [0.29, 0.717) is 0 Å². The second-order valence-corrected chi connectivity index (χ2v) is 22.9. The molecule has 5 aromatic heterocycles. The molecule has 41 heteroatoms. The molecule has 8 rings (SSSR count). The summed E-state index contributed by atoms with van der Waals surface area (Å²) >= 11 is 0. The Labute approximate surface area is 424 Å². The number of imidazole rings is 2. The lowest BCUT2D eigenvalue weighted by atomic mass is 9.95. The monoisotopic (exact) mass is 1160 g/mol. The number of rotatable bonds is 23. The van der Waals surface area contributed by atoms with Crippen molar-refractivity contribution in [2.75, 3.05) is 59.2 Å². The molecule has 4 unspecified atom stereocenters. The normalized spacial score (nSPS) is 30.1. The standard InChI is InChI=1S/C35H50N12O25P4/c1-44-14-47(29-21(44)30(51)43-34(37)42-29)31-22(49)15(6-8-61-2)16(67-31)9-65-74(55,56)71-76(59,60)72-75(57,58)66-11-18-24(26(63-4)33(69-18)46-13-40-20-27(36)38-12-39-28(20)46)70-73(53,54)64-10-17-23(50)25(62-3)32(68-17)45-7-5-19(48)41-35(45)52/h5,7,12-18,22-26,31-33,49-50H,6,8-11H2,1-4H3,(H9-,36,37,38,39,41,42,43,48,51,52,53,54,55,56,57,58,59,60)/p+1/t15-,16-,17-,18-,22-,23-,24-,25-,26-,31-,32-,33-/m1/s1. The fourth-order valence-corrected chi connectivity index (χ4v) is 13.2. The lowest BCUT2D eigenvalue weighted by Crippen LogP contribution is -2.39. The number of fused-ring (bicyclic) bond motifs is 2. The minimum Gasteiger partial charge on any atom is -0.387 e. The summed E-state index contributed by atoms with van der Waals surface area (Å²) in [6, 6.07) is 0.996. The molecule has 37 nitrogen and oxygen atoms in total. The summed E-state index contributed by atoms with van der Waals surface area (Å²) in [6.07, 6.45) is -11.7. The van der Waals surface area contributed by atoms with Crippen LogP contribution >= 0.6 is 31.3 Å². The second kappa shape index (κ2) is 22.6. The molecule has 3 aliphatic rings. The van der Waals surface area contributed by atoms with Crippen molar-refractivity contribution in [2.45, 2.75) is 73.9 Å². The van der Waals surface area contributed by atoms with E-state index < -0.39 is 141 Å². The van der Waals surface area contributed by atoms with Crippen LogP contribution in [0.1, 0.15) is 25.1 Å². The lowest BCUT2D eigenvalue weighted by Gasteiger charge is -2.26. The maximum absolute atomic E-state index is 13.7. The van der Waals surface area contributed by atoms with E-state index in [4.69, 9.17) is 58.0 Å². The predicted molar refractivity (Wildman–Crippen MR) is 247 cm³/mol. The zero-order valence-electron chi connectivity index (χ0n) is 39.8. The first kappa shape index (κ1) is 57.6. The molecule has 76 heavy (non-hydrogen) atoms. The molecule has 0 radical (unpaired) electrons. The van der Waals surface area contributed by atoms with Gasteiger partial charge in [-0.05, 0) is 6.42 Å². The number of aliphatic hydroxyl groups is 2. The number of hydrogen-bond acceptors (Lipinski definition) is 27. The number of phosphoric ester groups is 3. The highest BCUT2D eigenvalue weighted by Crippen LogP contribution is 2.68. The van der Waals surface area contributed by atoms with Crippen molar-refractivity contribution in [1.29, 1.82) is 0 Å². The van der Waals surface area contributed by atoms with Crippen LogP contribution in [0, 0.1) is 5.92 Å². The Kier molecular flexibility index (Phi) is 17.1. The third-order valence-electron chi connectivity index (χ3n) is 12.0. The van der Waals surface area contributed by atoms with Crippen LogP contribution in [0.25, 0.3) is 22.3 Å². The number of aromatic nitrogens is 10. The molecule has 0 aromatic carbocycles. The fraction of sp³-hybridized carbons (Fsp3) is 0.600. The number of nitrogens with one attached hydrogen (secondary N) is 2. The van der Waals surface area contributed by atoms with E-state index in [1.54, 1.807) is 0 Å². The van der Waals surface area contributed by atoms with E-state index in [9.17, 15) is 62.4 Å². The number of aliphatic hydroxyl groups excluding tert-OH is 2. The molecular formula is C35H51N12O25P4+. The Morgan fingerprint density at radius 2 is 1.34 bits per heavy atom. The van der Waals surface area contributed by atoms with Crippen LogP contribution < -0.4 is 32.8 Å². The molecule has 0 bridgehead atoms. The van der Waals surface area contributed by atoms with Crippen LogP contribution in [0.3, 0.4) is 0 Å². The first-order valence-electron chi connectivity index (χ1n) is 22.0. The van der Waals surface area contributed by atoms with Gasteiger partial charge in [0.1, 0.15) is 54.6 Å². The quantitative estimate of drug-likeness (QED) is 0.0231. The number of aromatic amines is 2. The van der Waals surface area contributed by atoms with Crippen LogP contribution in [-0.2, 0) is 80.4 Å². The number of anilines is 2. The van der Waals surface area contributed by atoms with Gasteiger partial charge in [-0.2, -0.15) is 18.2 Å². The molecule has 12 N–H and O–H groups in total. The van der Waals surface area contributed by atoms with Crippen LogP contribution in [0.2, 0.25) is 0 Å². The van der Waals surface area contributed by atoms with Gasteiger partial charge < -0.3 is 69.7 Å². The molecule has 3 aliphatic heterocycles. The number of H-pyrrole nitrogens is 2. The van der Waals surface area contributed by atoms with Crippen molar-refractivity contribution in [2.24, 2.45) is 13.0 Å². The third kappa shape index (κ3) is 12.3. The fourth-order valence-electron chi connectivity index (χ4n) is 8.72.